The number of aliphatic imine (C=N–C) groups is 1. The van der Waals surface area contributed by atoms with Crippen molar-refractivity contribution in [2.75, 3.05) is 6.61 Å². The average molecular weight is 303 g/mol. The lowest BCUT2D eigenvalue weighted by Crippen LogP contribution is -2.07. The molecule has 0 aliphatic carbocycles. The van der Waals surface area contributed by atoms with E-state index in [9.17, 15) is 9.59 Å². The van der Waals surface area contributed by atoms with Gasteiger partial charge in [-0.05, 0) is 36.7 Å². The Morgan fingerprint density at radius 1 is 1.38 bits per heavy atom. The Bertz CT molecular complexity index is 607. The molecule has 1 heterocycles. The molecule has 0 fully saturated rings. The van der Waals surface area contributed by atoms with Crippen molar-refractivity contribution >= 4 is 33.6 Å². The van der Waals surface area contributed by atoms with Crippen molar-refractivity contribution in [3.63, 3.8) is 0 Å². The van der Waals surface area contributed by atoms with Gasteiger partial charge in [0.25, 0.3) is 0 Å². The molecule has 5 heteroatoms. The van der Waals surface area contributed by atoms with E-state index < -0.39 is 5.97 Å². The number of hydrogen-bond acceptors (Lipinski definition) is 5. The summed E-state index contributed by atoms with van der Waals surface area (Å²) in [7, 11) is 0. The van der Waals surface area contributed by atoms with E-state index in [0.29, 0.717) is 18.4 Å². The van der Waals surface area contributed by atoms with E-state index in [2.05, 4.69) is 11.6 Å². The first kappa shape index (κ1) is 15.5. The van der Waals surface area contributed by atoms with Crippen molar-refractivity contribution in [3.05, 3.63) is 42.0 Å². The molecule has 0 amide bonds. The summed E-state index contributed by atoms with van der Waals surface area (Å²) in [4.78, 5) is 27.4. The molecular formula is C16H17NO3S. The lowest BCUT2D eigenvalue weighted by molar-refractivity contribution is -0.139. The van der Waals surface area contributed by atoms with Crippen molar-refractivity contribution in [1.82, 2.24) is 0 Å². The van der Waals surface area contributed by atoms with Crippen LogP contribution in [0, 0.1) is 0 Å². The SMILES string of the molecule is C=C(C)C(=O)OCCCC(=O)SC1=Nc2ccccc2C1. The fourth-order valence-electron chi connectivity index (χ4n) is 1.85. The van der Waals surface area contributed by atoms with Crippen LogP contribution in [-0.4, -0.2) is 22.7 Å². The minimum atomic E-state index is -0.411. The highest BCUT2D eigenvalue weighted by Gasteiger charge is 2.17. The Morgan fingerprint density at radius 2 is 2.14 bits per heavy atom. The lowest BCUT2D eigenvalue weighted by Gasteiger charge is -2.03. The zero-order valence-corrected chi connectivity index (χ0v) is 12.7. The van der Waals surface area contributed by atoms with Gasteiger partial charge in [-0.1, -0.05) is 24.8 Å². The zero-order chi connectivity index (χ0) is 15.2. The fraction of sp³-hybridized carbons (Fsp3) is 0.312. The molecule has 0 atom stereocenters. The molecule has 2 rings (SSSR count). The van der Waals surface area contributed by atoms with Crippen LogP contribution in [0.3, 0.4) is 0 Å². The van der Waals surface area contributed by atoms with Gasteiger partial charge in [0, 0.05) is 18.4 Å². The van der Waals surface area contributed by atoms with Gasteiger partial charge in [0.1, 0.15) is 0 Å². The van der Waals surface area contributed by atoms with Crippen LogP contribution in [0.5, 0.6) is 0 Å². The normalized spacial score (nSPS) is 12.5. The number of carbonyl (C=O) groups is 2. The summed E-state index contributed by atoms with van der Waals surface area (Å²) in [5, 5.41) is 0.882. The second-order valence-electron chi connectivity index (χ2n) is 4.80. The summed E-state index contributed by atoms with van der Waals surface area (Å²) in [6.45, 7) is 5.33. The standard InChI is InChI=1S/C16H17NO3S/c1-11(2)16(19)20-9-5-8-15(18)21-14-10-12-6-3-4-7-13(12)17-14/h3-4,6-7H,1,5,8-10H2,2H3. The molecule has 1 aliphatic rings. The van der Waals surface area contributed by atoms with Crippen molar-refractivity contribution in [3.8, 4) is 0 Å². The predicted octanol–water partition coefficient (Wildman–Crippen LogP) is 3.43. The van der Waals surface area contributed by atoms with Crippen molar-refractivity contribution in [1.29, 1.82) is 0 Å². The maximum Gasteiger partial charge on any atom is 0.333 e. The van der Waals surface area contributed by atoms with E-state index in [1.54, 1.807) is 6.92 Å². The smallest absolute Gasteiger partial charge is 0.333 e. The molecule has 0 spiro atoms. The molecule has 0 aromatic heterocycles. The maximum absolute atomic E-state index is 11.9. The Hall–Kier alpha value is -1.88. The molecule has 1 aromatic carbocycles. The summed E-state index contributed by atoms with van der Waals surface area (Å²) >= 11 is 1.18. The van der Waals surface area contributed by atoms with Gasteiger partial charge in [-0.25, -0.2) is 9.79 Å². The third-order valence-corrected chi connectivity index (χ3v) is 3.82. The van der Waals surface area contributed by atoms with Crippen LogP contribution in [0.1, 0.15) is 25.3 Å². The van der Waals surface area contributed by atoms with Crippen LogP contribution >= 0.6 is 11.8 Å². The maximum atomic E-state index is 11.9. The van der Waals surface area contributed by atoms with Crippen LogP contribution in [0.2, 0.25) is 0 Å². The first-order valence-corrected chi connectivity index (χ1v) is 7.56. The van der Waals surface area contributed by atoms with E-state index in [-0.39, 0.29) is 11.7 Å². The molecule has 0 bridgehead atoms. The highest BCUT2D eigenvalue weighted by Crippen LogP contribution is 2.30. The highest BCUT2D eigenvalue weighted by atomic mass is 32.2. The number of benzene rings is 1. The molecule has 4 nitrogen and oxygen atoms in total. The van der Waals surface area contributed by atoms with Crippen LogP contribution in [0.25, 0.3) is 0 Å². The molecule has 21 heavy (non-hydrogen) atoms. The first-order chi connectivity index (χ1) is 10.1. The highest BCUT2D eigenvalue weighted by molar-refractivity contribution is 8.26. The van der Waals surface area contributed by atoms with E-state index in [1.165, 1.54) is 11.8 Å². The van der Waals surface area contributed by atoms with Crippen LogP contribution in [-0.2, 0) is 20.7 Å². The predicted molar refractivity (Wildman–Crippen MR) is 84.8 cm³/mol. The topological polar surface area (TPSA) is 55.7 Å². The summed E-state index contributed by atoms with van der Waals surface area (Å²) in [5.41, 5.74) is 2.47. The van der Waals surface area contributed by atoms with Gasteiger partial charge in [-0.3, -0.25) is 4.79 Å². The van der Waals surface area contributed by atoms with E-state index in [1.807, 2.05) is 24.3 Å². The summed E-state index contributed by atoms with van der Waals surface area (Å²) in [5.74, 6) is -0.411. The van der Waals surface area contributed by atoms with Crippen LogP contribution < -0.4 is 0 Å². The Kier molecular flexibility index (Phi) is 5.33. The van der Waals surface area contributed by atoms with Crippen molar-refractivity contribution < 1.29 is 14.3 Å². The number of para-hydroxylation sites is 1. The van der Waals surface area contributed by atoms with E-state index in [4.69, 9.17) is 4.74 Å². The third-order valence-electron chi connectivity index (χ3n) is 2.92. The largest absolute Gasteiger partial charge is 0.462 e. The van der Waals surface area contributed by atoms with Gasteiger partial charge in [0.05, 0.1) is 17.3 Å². The van der Waals surface area contributed by atoms with Crippen molar-refractivity contribution in [2.24, 2.45) is 4.99 Å². The van der Waals surface area contributed by atoms with Gasteiger partial charge in [-0.15, -0.1) is 0 Å². The number of esters is 1. The Labute approximate surface area is 128 Å². The number of fused-ring (bicyclic) bond motifs is 1. The van der Waals surface area contributed by atoms with Gasteiger partial charge < -0.3 is 4.74 Å². The lowest BCUT2D eigenvalue weighted by atomic mass is 10.2. The second-order valence-corrected chi connectivity index (χ2v) is 5.94. The summed E-state index contributed by atoms with van der Waals surface area (Å²) < 4.78 is 4.94. The van der Waals surface area contributed by atoms with Gasteiger partial charge >= 0.3 is 5.97 Å². The minimum absolute atomic E-state index is 0.0490. The third kappa shape index (κ3) is 4.56. The number of rotatable bonds is 5. The number of carbonyl (C=O) groups excluding carboxylic acids is 2. The van der Waals surface area contributed by atoms with Gasteiger partial charge in [0.15, 0.2) is 5.12 Å². The number of thioether (sulfide) groups is 1. The number of nitrogens with zero attached hydrogens (tertiary/aromatic N) is 1. The van der Waals surface area contributed by atoms with E-state index >= 15 is 0 Å². The number of ether oxygens (including phenoxy) is 1. The first-order valence-electron chi connectivity index (χ1n) is 6.75. The average Bonchev–Trinajstić information content (AvgIpc) is 2.85. The molecule has 110 valence electrons. The summed E-state index contributed by atoms with van der Waals surface area (Å²) in [6, 6.07) is 7.88. The second kappa shape index (κ2) is 7.22. The molecule has 1 aromatic rings. The van der Waals surface area contributed by atoms with Crippen LogP contribution in [0.15, 0.2) is 41.4 Å². The molecule has 0 N–H and O–H groups in total. The van der Waals surface area contributed by atoms with Gasteiger partial charge in [0.2, 0.25) is 0 Å². The molecule has 0 radical (unpaired) electrons. The quantitative estimate of drug-likeness (QED) is 0.475. The molecule has 1 aliphatic heterocycles. The summed E-state index contributed by atoms with van der Waals surface area (Å²) in [6.07, 6.45) is 1.60. The fourth-order valence-corrected chi connectivity index (χ4v) is 2.73. The van der Waals surface area contributed by atoms with Crippen LogP contribution in [0.4, 0.5) is 5.69 Å². The molecule has 0 saturated heterocycles. The molecular weight excluding hydrogens is 286 g/mol. The zero-order valence-electron chi connectivity index (χ0n) is 11.9. The monoisotopic (exact) mass is 303 g/mol. The molecule has 0 saturated carbocycles. The Balaban J connectivity index is 1.70. The molecule has 0 unspecified atom stereocenters. The number of hydrogen-bond donors (Lipinski definition) is 0. The van der Waals surface area contributed by atoms with Crippen molar-refractivity contribution in [2.45, 2.75) is 26.2 Å². The van der Waals surface area contributed by atoms with Gasteiger partial charge in [-0.2, -0.15) is 0 Å². The minimum Gasteiger partial charge on any atom is -0.462 e. The Morgan fingerprint density at radius 3 is 2.86 bits per heavy atom. The van der Waals surface area contributed by atoms with E-state index in [0.717, 1.165) is 22.7 Å².